The lowest BCUT2D eigenvalue weighted by Crippen LogP contribution is -2.50. The van der Waals surface area contributed by atoms with E-state index in [9.17, 15) is 18.0 Å². The van der Waals surface area contributed by atoms with Gasteiger partial charge < -0.3 is 15.0 Å². The van der Waals surface area contributed by atoms with Crippen molar-refractivity contribution >= 4 is 27.5 Å². The third kappa shape index (κ3) is 9.35. The Morgan fingerprint density at radius 3 is 2.34 bits per heavy atom. The number of hydrogen-bond acceptors (Lipinski definition) is 5. The van der Waals surface area contributed by atoms with Crippen LogP contribution in [0.25, 0.3) is 0 Å². The van der Waals surface area contributed by atoms with Gasteiger partial charge in [-0.2, -0.15) is 0 Å². The molecule has 0 unspecified atom stereocenters. The number of hydrogen-bond donors (Lipinski definition) is 1. The number of amides is 2. The molecule has 0 aliphatic carbocycles. The summed E-state index contributed by atoms with van der Waals surface area (Å²) in [4.78, 5) is 29.0. The molecule has 220 valence electrons. The molecule has 3 rings (SSSR count). The number of benzene rings is 3. The molecule has 0 radical (unpaired) electrons. The fraction of sp³-hybridized carbons (Fsp3) is 0.375. The molecule has 0 spiro atoms. The monoisotopic (exact) mass is 579 g/mol. The zero-order valence-corrected chi connectivity index (χ0v) is 25.2. The van der Waals surface area contributed by atoms with Crippen molar-refractivity contribution in [1.82, 2.24) is 10.2 Å². The molecule has 9 heteroatoms. The normalized spacial score (nSPS) is 11.9. The van der Waals surface area contributed by atoms with E-state index in [2.05, 4.69) is 5.32 Å². The molecule has 8 nitrogen and oxygen atoms in total. The van der Waals surface area contributed by atoms with Gasteiger partial charge in [0.1, 0.15) is 11.8 Å². The van der Waals surface area contributed by atoms with E-state index >= 15 is 0 Å². The molecule has 0 saturated heterocycles. The van der Waals surface area contributed by atoms with Crippen LogP contribution in [-0.4, -0.2) is 57.6 Å². The quantitative estimate of drug-likeness (QED) is 0.281. The van der Waals surface area contributed by atoms with E-state index in [0.717, 1.165) is 29.4 Å². The molecular weight excluding hydrogens is 538 g/mol. The number of nitrogens with one attached hydrogen (secondary N) is 1. The van der Waals surface area contributed by atoms with Gasteiger partial charge in [-0.25, -0.2) is 8.42 Å². The maximum atomic E-state index is 13.9. The minimum Gasteiger partial charge on any atom is -0.497 e. The molecule has 0 aliphatic rings. The number of methoxy groups -OCH3 is 1. The first kappa shape index (κ1) is 31.7. The number of carbonyl (C=O) groups excluding carboxylic acids is 2. The van der Waals surface area contributed by atoms with Gasteiger partial charge in [0.15, 0.2) is 0 Å². The summed E-state index contributed by atoms with van der Waals surface area (Å²) in [6.45, 7) is 4.87. The van der Waals surface area contributed by atoms with Crippen molar-refractivity contribution in [2.75, 3.05) is 30.8 Å². The highest BCUT2D eigenvalue weighted by atomic mass is 32.2. The largest absolute Gasteiger partial charge is 0.497 e. The van der Waals surface area contributed by atoms with E-state index in [4.69, 9.17) is 4.74 Å². The van der Waals surface area contributed by atoms with Crippen molar-refractivity contribution < 1.29 is 22.7 Å². The van der Waals surface area contributed by atoms with Gasteiger partial charge in [0.25, 0.3) is 0 Å². The summed E-state index contributed by atoms with van der Waals surface area (Å²) in [6, 6.07) is 23.6. The Morgan fingerprint density at radius 1 is 0.976 bits per heavy atom. The number of anilines is 1. The van der Waals surface area contributed by atoms with E-state index in [1.165, 1.54) is 11.4 Å². The van der Waals surface area contributed by atoms with Crippen molar-refractivity contribution in [1.29, 1.82) is 0 Å². The van der Waals surface area contributed by atoms with Crippen LogP contribution in [0, 0.1) is 6.92 Å². The molecule has 0 aromatic heterocycles. The van der Waals surface area contributed by atoms with Gasteiger partial charge in [-0.05, 0) is 48.6 Å². The van der Waals surface area contributed by atoms with Gasteiger partial charge in [-0.15, -0.1) is 0 Å². The Kier molecular flexibility index (Phi) is 11.8. The molecule has 0 heterocycles. The highest BCUT2D eigenvalue weighted by Gasteiger charge is 2.30. The molecule has 0 bridgehead atoms. The van der Waals surface area contributed by atoms with Crippen molar-refractivity contribution in [2.24, 2.45) is 0 Å². The third-order valence-electron chi connectivity index (χ3n) is 6.92. The SMILES string of the molecule is CCCNC(=O)[C@H](Cc1ccccc1)N(Cc1ccccc1C)C(=O)CCCN(c1cccc(OC)c1)S(C)(=O)=O. The second-order valence-electron chi connectivity index (χ2n) is 10.1. The first-order valence-corrected chi connectivity index (χ1v) is 15.8. The van der Waals surface area contributed by atoms with Crippen LogP contribution in [0.5, 0.6) is 5.75 Å². The van der Waals surface area contributed by atoms with Gasteiger partial charge in [0, 0.05) is 38.5 Å². The molecule has 3 aromatic carbocycles. The summed E-state index contributed by atoms with van der Waals surface area (Å²) >= 11 is 0. The van der Waals surface area contributed by atoms with Crippen LogP contribution < -0.4 is 14.4 Å². The zero-order chi connectivity index (χ0) is 29.8. The lowest BCUT2D eigenvalue weighted by molar-refractivity contribution is -0.141. The standard InChI is InChI=1S/C32H41N3O5S/c1-5-20-33-32(37)30(22-26-14-7-6-8-15-26)34(24-27-16-10-9-13-25(27)2)31(36)19-12-21-35(41(4,38)39)28-17-11-18-29(23-28)40-3/h6-11,13-18,23,30H,5,12,19-22,24H2,1-4H3,(H,33,37)/t30-/m0/s1. The van der Waals surface area contributed by atoms with Gasteiger partial charge in [-0.3, -0.25) is 13.9 Å². The highest BCUT2D eigenvalue weighted by Crippen LogP contribution is 2.24. The minimum absolute atomic E-state index is 0.0776. The molecule has 1 N–H and O–H groups in total. The third-order valence-corrected chi connectivity index (χ3v) is 8.11. The van der Waals surface area contributed by atoms with Gasteiger partial charge >= 0.3 is 0 Å². The summed E-state index contributed by atoms with van der Waals surface area (Å²) in [6.07, 6.45) is 2.65. The lowest BCUT2D eigenvalue weighted by Gasteiger charge is -2.32. The Hall–Kier alpha value is -3.85. The zero-order valence-electron chi connectivity index (χ0n) is 24.4. The van der Waals surface area contributed by atoms with Crippen molar-refractivity contribution in [3.05, 3.63) is 95.6 Å². The van der Waals surface area contributed by atoms with E-state index in [1.54, 1.807) is 29.2 Å². The number of sulfonamides is 1. The van der Waals surface area contributed by atoms with Crippen molar-refractivity contribution in [3.8, 4) is 5.75 Å². The van der Waals surface area contributed by atoms with Crippen LogP contribution in [0.2, 0.25) is 0 Å². The molecule has 1 atom stereocenters. The summed E-state index contributed by atoms with van der Waals surface area (Å²) < 4.78 is 31.9. The van der Waals surface area contributed by atoms with Crippen molar-refractivity contribution in [2.45, 2.75) is 52.1 Å². The van der Waals surface area contributed by atoms with Crippen LogP contribution in [-0.2, 0) is 32.6 Å². The first-order chi connectivity index (χ1) is 19.6. The Balaban J connectivity index is 1.88. The van der Waals surface area contributed by atoms with E-state index in [0.29, 0.717) is 24.4 Å². The summed E-state index contributed by atoms with van der Waals surface area (Å²) in [5.41, 5.74) is 3.40. The van der Waals surface area contributed by atoms with Crippen LogP contribution in [0.3, 0.4) is 0 Å². The Labute approximate surface area is 244 Å². The first-order valence-electron chi connectivity index (χ1n) is 13.9. The van der Waals surface area contributed by atoms with Crippen LogP contribution in [0.1, 0.15) is 42.9 Å². The van der Waals surface area contributed by atoms with Gasteiger partial charge in [0.05, 0.1) is 19.1 Å². The number of carbonyl (C=O) groups is 2. The fourth-order valence-corrected chi connectivity index (χ4v) is 5.62. The summed E-state index contributed by atoms with van der Waals surface area (Å²) in [7, 11) is -2.09. The van der Waals surface area contributed by atoms with E-state index in [1.807, 2.05) is 68.4 Å². The molecule has 0 fully saturated rings. The topological polar surface area (TPSA) is 96.0 Å². The molecular formula is C32H41N3O5S. The lowest BCUT2D eigenvalue weighted by atomic mass is 10.0. The smallest absolute Gasteiger partial charge is 0.243 e. The predicted octanol–water partition coefficient (Wildman–Crippen LogP) is 4.72. The molecule has 0 saturated carbocycles. The Morgan fingerprint density at radius 2 is 1.68 bits per heavy atom. The van der Waals surface area contributed by atoms with Crippen LogP contribution in [0.4, 0.5) is 5.69 Å². The second kappa shape index (κ2) is 15.2. The predicted molar refractivity (Wildman–Crippen MR) is 163 cm³/mol. The summed E-state index contributed by atoms with van der Waals surface area (Å²) in [5, 5.41) is 2.98. The maximum Gasteiger partial charge on any atom is 0.243 e. The minimum atomic E-state index is -3.61. The van der Waals surface area contributed by atoms with E-state index < -0.39 is 16.1 Å². The number of ether oxygens (including phenoxy) is 1. The molecule has 2 amide bonds. The number of aryl methyl sites for hydroxylation is 1. The fourth-order valence-electron chi connectivity index (χ4n) is 4.66. The summed E-state index contributed by atoms with van der Waals surface area (Å²) in [5.74, 6) is 0.130. The van der Waals surface area contributed by atoms with Gasteiger partial charge in [-0.1, -0.05) is 67.6 Å². The maximum absolute atomic E-state index is 13.9. The highest BCUT2D eigenvalue weighted by molar-refractivity contribution is 7.92. The van der Waals surface area contributed by atoms with Gasteiger partial charge in [0.2, 0.25) is 21.8 Å². The average Bonchev–Trinajstić information content (AvgIpc) is 2.96. The number of nitrogens with zero attached hydrogens (tertiary/aromatic N) is 2. The molecule has 0 aliphatic heterocycles. The van der Waals surface area contributed by atoms with E-state index in [-0.39, 0.29) is 37.7 Å². The van der Waals surface area contributed by atoms with Crippen molar-refractivity contribution in [3.63, 3.8) is 0 Å². The van der Waals surface area contributed by atoms with Crippen LogP contribution in [0.15, 0.2) is 78.9 Å². The average molecular weight is 580 g/mol. The number of rotatable bonds is 15. The second-order valence-corrected chi connectivity index (χ2v) is 12.0. The molecule has 41 heavy (non-hydrogen) atoms. The van der Waals surface area contributed by atoms with Crippen LogP contribution >= 0.6 is 0 Å². The molecule has 3 aromatic rings. The Bertz CT molecular complexity index is 1400.